The smallest absolute Gasteiger partial charge is 0.342 e. The fourth-order valence-corrected chi connectivity index (χ4v) is 6.31. The molecule has 0 heterocycles. The van der Waals surface area contributed by atoms with Crippen molar-refractivity contribution in [3.63, 3.8) is 0 Å². The number of ether oxygens (including phenoxy) is 2. The number of hydrogen-bond donors (Lipinski definition) is 0. The SMILES string of the molecule is O=C(OCC(=O)C12CC3CC(CC(C3)C1)C2)c1ccccc1OCc1ccccc1. The topological polar surface area (TPSA) is 52.6 Å². The van der Waals surface area contributed by atoms with E-state index in [1.165, 1.54) is 19.3 Å². The van der Waals surface area contributed by atoms with Gasteiger partial charge in [-0.15, -0.1) is 0 Å². The molecular weight excluding hydrogens is 376 g/mol. The number of carbonyl (C=O) groups is 2. The zero-order valence-corrected chi connectivity index (χ0v) is 17.2. The van der Waals surface area contributed by atoms with E-state index in [-0.39, 0.29) is 17.8 Å². The Balaban J connectivity index is 1.22. The van der Waals surface area contributed by atoms with Crippen LogP contribution in [-0.2, 0) is 16.1 Å². The van der Waals surface area contributed by atoms with Crippen molar-refractivity contribution in [1.82, 2.24) is 0 Å². The third-order valence-electron chi connectivity index (χ3n) is 7.31. The van der Waals surface area contributed by atoms with Crippen molar-refractivity contribution in [3.05, 3.63) is 65.7 Å². The lowest BCUT2D eigenvalue weighted by Crippen LogP contribution is -2.51. The van der Waals surface area contributed by atoms with Crippen LogP contribution in [0.15, 0.2) is 54.6 Å². The second-order valence-corrected chi connectivity index (χ2v) is 9.47. The molecule has 0 unspecified atom stereocenters. The lowest BCUT2D eigenvalue weighted by Gasteiger charge is -2.55. The normalized spacial score (nSPS) is 28.9. The summed E-state index contributed by atoms with van der Waals surface area (Å²) in [6.07, 6.45) is 6.85. The second kappa shape index (κ2) is 7.90. The first-order valence-electron chi connectivity index (χ1n) is 11.1. The summed E-state index contributed by atoms with van der Waals surface area (Å²) < 4.78 is 11.4. The molecule has 0 aliphatic heterocycles. The van der Waals surface area contributed by atoms with Gasteiger partial charge in [-0.1, -0.05) is 42.5 Å². The lowest BCUT2D eigenvalue weighted by molar-refractivity contribution is -0.147. The number of hydrogen-bond acceptors (Lipinski definition) is 4. The molecule has 2 aromatic rings. The largest absolute Gasteiger partial charge is 0.488 e. The quantitative estimate of drug-likeness (QED) is 0.595. The summed E-state index contributed by atoms with van der Waals surface area (Å²) in [6, 6.07) is 16.9. The minimum absolute atomic E-state index is 0.123. The zero-order valence-electron chi connectivity index (χ0n) is 17.2. The highest BCUT2D eigenvalue weighted by atomic mass is 16.5. The van der Waals surface area contributed by atoms with E-state index in [2.05, 4.69) is 0 Å². The van der Waals surface area contributed by atoms with Gasteiger partial charge in [0.15, 0.2) is 12.4 Å². The molecule has 156 valence electrons. The van der Waals surface area contributed by atoms with Crippen LogP contribution in [0, 0.1) is 23.2 Å². The third kappa shape index (κ3) is 3.76. The highest BCUT2D eigenvalue weighted by molar-refractivity contribution is 5.95. The standard InChI is InChI=1S/C26H28O4/c27-24(26-13-19-10-20(14-26)12-21(11-19)15-26)17-30-25(28)22-8-4-5-9-23(22)29-16-18-6-2-1-3-7-18/h1-9,19-21H,10-17H2. The fraction of sp³-hybridized carbons (Fsp3) is 0.462. The predicted molar refractivity (Wildman–Crippen MR) is 113 cm³/mol. The first-order chi connectivity index (χ1) is 14.6. The molecule has 0 aromatic heterocycles. The number of Topliss-reactive ketones (excluding diaryl/α,β-unsaturated/α-hetero) is 1. The summed E-state index contributed by atoms with van der Waals surface area (Å²) in [5, 5.41) is 0. The average molecular weight is 405 g/mol. The van der Waals surface area contributed by atoms with E-state index in [9.17, 15) is 9.59 Å². The van der Waals surface area contributed by atoms with E-state index in [4.69, 9.17) is 9.47 Å². The average Bonchev–Trinajstić information content (AvgIpc) is 2.76. The van der Waals surface area contributed by atoms with Crippen LogP contribution in [0.5, 0.6) is 5.75 Å². The van der Waals surface area contributed by atoms with Crippen molar-refractivity contribution >= 4 is 11.8 Å². The highest BCUT2D eigenvalue weighted by Gasteiger charge is 2.54. The second-order valence-electron chi connectivity index (χ2n) is 9.47. The molecule has 0 amide bonds. The molecule has 0 spiro atoms. The summed E-state index contributed by atoms with van der Waals surface area (Å²) in [7, 11) is 0. The molecule has 2 aromatic carbocycles. The molecule has 0 saturated heterocycles. The van der Waals surface area contributed by atoms with Crippen molar-refractivity contribution in [2.75, 3.05) is 6.61 Å². The molecule has 4 heteroatoms. The summed E-state index contributed by atoms with van der Waals surface area (Å²) >= 11 is 0. The molecule has 4 aliphatic rings. The Morgan fingerprint density at radius 1 is 0.833 bits per heavy atom. The number of para-hydroxylation sites is 1. The monoisotopic (exact) mass is 404 g/mol. The van der Waals surface area contributed by atoms with Crippen LogP contribution in [0.4, 0.5) is 0 Å². The lowest BCUT2D eigenvalue weighted by atomic mass is 9.48. The molecule has 4 bridgehead atoms. The van der Waals surface area contributed by atoms with Gasteiger partial charge in [-0.25, -0.2) is 4.79 Å². The minimum atomic E-state index is -0.489. The van der Waals surface area contributed by atoms with Crippen molar-refractivity contribution in [2.24, 2.45) is 23.2 Å². The number of benzene rings is 2. The van der Waals surface area contributed by atoms with E-state index in [0.717, 1.165) is 24.8 Å². The first-order valence-corrected chi connectivity index (χ1v) is 11.1. The van der Waals surface area contributed by atoms with Gasteiger partial charge < -0.3 is 9.47 Å². The molecule has 4 fully saturated rings. The van der Waals surface area contributed by atoms with Crippen LogP contribution in [0.2, 0.25) is 0 Å². The van der Waals surface area contributed by atoms with E-state index >= 15 is 0 Å². The van der Waals surface area contributed by atoms with Crippen molar-refractivity contribution in [1.29, 1.82) is 0 Å². The molecule has 4 saturated carbocycles. The number of ketones is 1. The van der Waals surface area contributed by atoms with Gasteiger partial charge in [-0.05, 0) is 74.0 Å². The first kappa shape index (κ1) is 19.3. The Kier molecular flexibility index (Phi) is 5.10. The maximum atomic E-state index is 13.1. The van der Waals surface area contributed by atoms with Gasteiger partial charge >= 0.3 is 5.97 Å². The van der Waals surface area contributed by atoms with Crippen LogP contribution in [-0.4, -0.2) is 18.4 Å². The van der Waals surface area contributed by atoms with Crippen LogP contribution < -0.4 is 4.74 Å². The van der Waals surface area contributed by atoms with Gasteiger partial charge in [0.25, 0.3) is 0 Å². The summed E-state index contributed by atoms with van der Waals surface area (Å²) in [6.45, 7) is 0.245. The Morgan fingerprint density at radius 3 is 2.10 bits per heavy atom. The number of esters is 1. The Hall–Kier alpha value is -2.62. The van der Waals surface area contributed by atoms with Gasteiger partial charge in [0.1, 0.15) is 17.9 Å². The molecule has 0 N–H and O–H groups in total. The van der Waals surface area contributed by atoms with Crippen LogP contribution in [0.1, 0.15) is 54.4 Å². The van der Waals surface area contributed by atoms with Gasteiger partial charge in [-0.3, -0.25) is 4.79 Å². The number of carbonyl (C=O) groups excluding carboxylic acids is 2. The third-order valence-corrected chi connectivity index (χ3v) is 7.31. The van der Waals surface area contributed by atoms with Gasteiger partial charge in [-0.2, -0.15) is 0 Å². The number of rotatable bonds is 7. The minimum Gasteiger partial charge on any atom is -0.488 e. The summed E-state index contributed by atoms with van der Waals surface area (Å²) in [4.78, 5) is 25.9. The Labute approximate surface area is 177 Å². The predicted octanol–water partition coefficient (Wildman–Crippen LogP) is 5.21. The molecular formula is C26H28O4. The van der Waals surface area contributed by atoms with E-state index < -0.39 is 5.97 Å². The van der Waals surface area contributed by atoms with Crippen molar-refractivity contribution < 1.29 is 19.1 Å². The van der Waals surface area contributed by atoms with Gasteiger partial charge in [0.2, 0.25) is 0 Å². The van der Waals surface area contributed by atoms with Crippen molar-refractivity contribution in [3.8, 4) is 5.75 Å². The molecule has 0 radical (unpaired) electrons. The molecule has 0 atom stereocenters. The maximum Gasteiger partial charge on any atom is 0.342 e. The van der Waals surface area contributed by atoms with Crippen molar-refractivity contribution in [2.45, 2.75) is 45.1 Å². The van der Waals surface area contributed by atoms with Crippen LogP contribution in [0.25, 0.3) is 0 Å². The zero-order chi connectivity index (χ0) is 20.6. The molecule has 4 aliphatic carbocycles. The van der Waals surface area contributed by atoms with E-state index in [0.29, 0.717) is 35.7 Å². The highest BCUT2D eigenvalue weighted by Crippen LogP contribution is 2.60. The molecule has 30 heavy (non-hydrogen) atoms. The summed E-state index contributed by atoms with van der Waals surface area (Å²) in [5.41, 5.74) is 1.16. The maximum absolute atomic E-state index is 13.1. The van der Waals surface area contributed by atoms with E-state index in [1.807, 2.05) is 36.4 Å². The van der Waals surface area contributed by atoms with Gasteiger partial charge in [0.05, 0.1) is 0 Å². The van der Waals surface area contributed by atoms with Crippen LogP contribution in [0.3, 0.4) is 0 Å². The molecule has 6 rings (SSSR count). The molecule has 4 nitrogen and oxygen atoms in total. The summed E-state index contributed by atoms with van der Waals surface area (Å²) in [5.74, 6) is 2.21. The Bertz CT molecular complexity index is 898. The van der Waals surface area contributed by atoms with Crippen LogP contribution >= 0.6 is 0 Å². The van der Waals surface area contributed by atoms with E-state index in [1.54, 1.807) is 18.2 Å². The Morgan fingerprint density at radius 2 is 1.43 bits per heavy atom. The van der Waals surface area contributed by atoms with Gasteiger partial charge in [0, 0.05) is 5.41 Å². The fourth-order valence-electron chi connectivity index (χ4n) is 6.31.